The number of ketones is 1. The molecule has 2 heterocycles. The summed E-state index contributed by atoms with van der Waals surface area (Å²) in [4.78, 5) is 12.6. The summed E-state index contributed by atoms with van der Waals surface area (Å²) in [5, 5.41) is 5.03. The molecule has 0 radical (unpaired) electrons. The minimum Gasteiger partial charge on any atom is -0.291 e. The molecule has 1 aromatic rings. The summed E-state index contributed by atoms with van der Waals surface area (Å²) in [6.07, 6.45) is 2.52. The highest BCUT2D eigenvalue weighted by Gasteiger charge is 2.32. The van der Waals surface area contributed by atoms with Crippen molar-refractivity contribution < 1.29 is 4.79 Å². The van der Waals surface area contributed by atoms with Gasteiger partial charge in [0.2, 0.25) is 0 Å². The first-order valence-corrected chi connectivity index (χ1v) is 8.61. The van der Waals surface area contributed by atoms with Gasteiger partial charge in [-0.25, -0.2) is 0 Å². The van der Waals surface area contributed by atoms with E-state index in [9.17, 15) is 4.79 Å². The number of aromatic nitrogens is 2. The van der Waals surface area contributed by atoms with E-state index in [-0.39, 0.29) is 11.0 Å². The molecule has 1 aliphatic heterocycles. The van der Waals surface area contributed by atoms with E-state index < -0.39 is 0 Å². The van der Waals surface area contributed by atoms with Crippen LogP contribution in [0.25, 0.3) is 0 Å². The molecule has 100 valence electrons. The highest BCUT2D eigenvalue weighted by atomic mass is 35.5. The largest absolute Gasteiger partial charge is 0.291 e. The van der Waals surface area contributed by atoms with Crippen molar-refractivity contribution in [1.82, 2.24) is 9.78 Å². The third kappa shape index (κ3) is 2.89. The second-order valence-electron chi connectivity index (χ2n) is 4.30. The van der Waals surface area contributed by atoms with Gasteiger partial charge in [0.05, 0.1) is 16.5 Å². The lowest BCUT2D eigenvalue weighted by atomic mass is 10.1. The lowest BCUT2D eigenvalue weighted by Gasteiger charge is -2.26. The number of carbonyl (C=O) groups excluding carboxylic acids is 1. The van der Waals surface area contributed by atoms with Crippen molar-refractivity contribution in [1.29, 1.82) is 0 Å². The Morgan fingerprint density at radius 1 is 1.56 bits per heavy atom. The molecule has 3 nitrogen and oxygen atoms in total. The maximum atomic E-state index is 12.6. The van der Waals surface area contributed by atoms with Gasteiger partial charge >= 0.3 is 0 Å². The van der Waals surface area contributed by atoms with Crippen molar-refractivity contribution in [2.24, 2.45) is 0 Å². The number of halogens is 1. The fourth-order valence-corrected chi connectivity index (χ4v) is 4.98. The van der Waals surface area contributed by atoms with Gasteiger partial charge in [-0.3, -0.25) is 9.48 Å². The standard InChI is InChI=1S/C12H17ClN2OS2/c1-3-4-15-10(9(13)7-14-15)11(16)12-8(2)17-5-6-18-12/h7-8,12H,3-6H2,1-2H3. The van der Waals surface area contributed by atoms with Crippen molar-refractivity contribution >= 4 is 40.9 Å². The van der Waals surface area contributed by atoms with Gasteiger partial charge in [-0.15, -0.1) is 11.8 Å². The van der Waals surface area contributed by atoms with Crippen LogP contribution in [0.2, 0.25) is 5.02 Å². The van der Waals surface area contributed by atoms with Crippen molar-refractivity contribution in [2.45, 2.75) is 37.3 Å². The van der Waals surface area contributed by atoms with Crippen molar-refractivity contribution in [2.75, 3.05) is 11.5 Å². The van der Waals surface area contributed by atoms with E-state index in [2.05, 4.69) is 18.9 Å². The van der Waals surface area contributed by atoms with Crippen LogP contribution in [0.15, 0.2) is 6.20 Å². The van der Waals surface area contributed by atoms with E-state index in [1.165, 1.54) is 0 Å². The van der Waals surface area contributed by atoms with Gasteiger partial charge < -0.3 is 0 Å². The highest BCUT2D eigenvalue weighted by Crippen LogP contribution is 2.34. The highest BCUT2D eigenvalue weighted by molar-refractivity contribution is 8.07. The van der Waals surface area contributed by atoms with Gasteiger partial charge in [-0.05, 0) is 6.42 Å². The van der Waals surface area contributed by atoms with Crippen LogP contribution in [0.3, 0.4) is 0 Å². The van der Waals surface area contributed by atoms with Crippen LogP contribution in [0.1, 0.15) is 30.8 Å². The summed E-state index contributed by atoms with van der Waals surface area (Å²) in [6.45, 7) is 4.93. The van der Waals surface area contributed by atoms with Gasteiger partial charge in [-0.1, -0.05) is 25.4 Å². The average Bonchev–Trinajstić information content (AvgIpc) is 2.71. The maximum Gasteiger partial charge on any atom is 0.196 e. The number of nitrogens with zero attached hydrogens (tertiary/aromatic N) is 2. The topological polar surface area (TPSA) is 34.9 Å². The Labute approximate surface area is 121 Å². The molecule has 0 bridgehead atoms. The Morgan fingerprint density at radius 3 is 2.94 bits per heavy atom. The minimum absolute atomic E-state index is 0.00792. The molecule has 1 saturated heterocycles. The zero-order valence-electron chi connectivity index (χ0n) is 10.6. The predicted octanol–water partition coefficient (Wildman–Crippen LogP) is 3.37. The Kier molecular flexibility index (Phi) is 5.04. The number of thioether (sulfide) groups is 2. The van der Waals surface area contributed by atoms with Gasteiger partial charge in [0, 0.05) is 23.3 Å². The summed E-state index contributed by atoms with van der Waals surface area (Å²) in [5.41, 5.74) is 0.588. The van der Waals surface area contributed by atoms with Crippen molar-refractivity contribution in [3.05, 3.63) is 16.9 Å². The zero-order chi connectivity index (χ0) is 13.1. The molecule has 1 fully saturated rings. The number of carbonyl (C=O) groups is 1. The molecule has 1 aliphatic rings. The first-order chi connectivity index (χ1) is 8.65. The molecule has 0 N–H and O–H groups in total. The molecule has 0 aromatic carbocycles. The van der Waals surface area contributed by atoms with Crippen LogP contribution < -0.4 is 0 Å². The van der Waals surface area contributed by atoms with E-state index in [1.54, 1.807) is 22.6 Å². The number of rotatable bonds is 4. The normalized spacial score (nSPS) is 24.2. The smallest absolute Gasteiger partial charge is 0.196 e. The molecular formula is C12H17ClN2OS2. The van der Waals surface area contributed by atoms with Crippen LogP contribution in [0.5, 0.6) is 0 Å². The summed E-state index contributed by atoms with van der Waals surface area (Å²) >= 11 is 9.73. The van der Waals surface area contributed by atoms with Crippen molar-refractivity contribution in [3.8, 4) is 0 Å². The Balaban J connectivity index is 2.24. The number of Topliss-reactive ketones (excluding diaryl/α,β-unsaturated/α-hetero) is 1. The Hall–Kier alpha value is -0.130. The van der Waals surface area contributed by atoms with Crippen LogP contribution in [-0.4, -0.2) is 37.6 Å². The summed E-state index contributed by atoms with van der Waals surface area (Å²) < 4.78 is 1.75. The number of aryl methyl sites for hydroxylation is 1. The molecule has 1 aromatic heterocycles. The SMILES string of the molecule is CCCn1ncc(Cl)c1C(=O)C1SCCSC1C. The van der Waals surface area contributed by atoms with E-state index in [0.717, 1.165) is 24.5 Å². The quantitative estimate of drug-likeness (QED) is 0.799. The van der Waals surface area contributed by atoms with E-state index in [0.29, 0.717) is 16.0 Å². The number of hydrogen-bond donors (Lipinski definition) is 0. The molecule has 2 rings (SSSR count). The zero-order valence-corrected chi connectivity index (χ0v) is 12.9. The van der Waals surface area contributed by atoms with Crippen LogP contribution in [0.4, 0.5) is 0 Å². The van der Waals surface area contributed by atoms with Crippen LogP contribution >= 0.6 is 35.1 Å². The summed E-state index contributed by atoms with van der Waals surface area (Å²) in [6, 6.07) is 0. The fraction of sp³-hybridized carbons (Fsp3) is 0.667. The average molecular weight is 305 g/mol. The van der Waals surface area contributed by atoms with E-state index in [4.69, 9.17) is 11.6 Å². The van der Waals surface area contributed by atoms with Crippen LogP contribution in [-0.2, 0) is 6.54 Å². The third-order valence-electron chi connectivity index (χ3n) is 2.91. The molecule has 0 aliphatic carbocycles. The Morgan fingerprint density at radius 2 is 2.28 bits per heavy atom. The summed E-state index contributed by atoms with van der Waals surface area (Å²) in [5.74, 6) is 2.29. The van der Waals surface area contributed by atoms with E-state index >= 15 is 0 Å². The second-order valence-corrected chi connectivity index (χ2v) is 7.44. The molecule has 0 spiro atoms. The first kappa shape index (κ1) is 14.3. The molecule has 0 amide bonds. The second kappa shape index (κ2) is 6.35. The predicted molar refractivity (Wildman–Crippen MR) is 80.0 cm³/mol. The molecule has 6 heteroatoms. The molecule has 2 unspecified atom stereocenters. The molecular weight excluding hydrogens is 288 g/mol. The molecule has 18 heavy (non-hydrogen) atoms. The van der Waals surface area contributed by atoms with E-state index in [1.807, 2.05) is 11.8 Å². The fourth-order valence-electron chi connectivity index (χ4n) is 2.04. The van der Waals surface area contributed by atoms with Gasteiger partial charge in [-0.2, -0.15) is 16.9 Å². The van der Waals surface area contributed by atoms with Crippen molar-refractivity contribution in [3.63, 3.8) is 0 Å². The van der Waals surface area contributed by atoms with Gasteiger partial charge in [0.1, 0.15) is 5.69 Å². The third-order valence-corrected chi connectivity index (χ3v) is 6.28. The Bertz CT molecular complexity index is 436. The monoisotopic (exact) mass is 304 g/mol. The van der Waals surface area contributed by atoms with Gasteiger partial charge in [0.15, 0.2) is 5.78 Å². The maximum absolute atomic E-state index is 12.6. The minimum atomic E-state index is 0.00792. The lowest BCUT2D eigenvalue weighted by Crippen LogP contribution is -2.32. The number of hydrogen-bond acceptors (Lipinski definition) is 4. The first-order valence-electron chi connectivity index (χ1n) is 6.14. The molecule has 0 saturated carbocycles. The lowest BCUT2D eigenvalue weighted by molar-refractivity contribution is 0.0979. The summed E-state index contributed by atoms with van der Waals surface area (Å²) in [7, 11) is 0. The van der Waals surface area contributed by atoms with Gasteiger partial charge in [0.25, 0.3) is 0 Å². The van der Waals surface area contributed by atoms with Crippen LogP contribution in [0, 0.1) is 0 Å². The molecule has 2 atom stereocenters.